The first-order valence-electron chi connectivity index (χ1n) is 9.11. The van der Waals surface area contributed by atoms with E-state index in [-0.39, 0.29) is 30.7 Å². The van der Waals surface area contributed by atoms with E-state index in [1.807, 2.05) is 42.5 Å². The smallest absolute Gasteiger partial charge is 0.237 e. The van der Waals surface area contributed by atoms with Gasteiger partial charge in [-0.25, -0.2) is 0 Å². The summed E-state index contributed by atoms with van der Waals surface area (Å²) in [6, 6.07) is 15.4. The standard InChI is InChI=1S/C21H26ClN3O.2ClH/c1-15-7-8-18(22)12-20(15)25-10-9-17(14-25)13-24-21(26)19(23)11-16-5-3-2-4-6-16;;/h2-8,12,17,19H,9-11,13-14,23H2,1H3,(H,24,26);2*1H. The molecule has 1 aliphatic rings. The molecule has 0 saturated carbocycles. The average Bonchev–Trinajstić information content (AvgIpc) is 3.11. The minimum atomic E-state index is -0.509. The highest BCUT2D eigenvalue weighted by atomic mass is 35.5. The first-order valence-corrected chi connectivity index (χ1v) is 9.49. The zero-order chi connectivity index (χ0) is 18.5. The van der Waals surface area contributed by atoms with Crippen LogP contribution >= 0.6 is 36.4 Å². The number of halogens is 3. The molecule has 0 spiro atoms. The van der Waals surface area contributed by atoms with Crippen molar-refractivity contribution in [3.8, 4) is 0 Å². The quantitative estimate of drug-likeness (QED) is 0.708. The Morgan fingerprint density at radius 3 is 2.68 bits per heavy atom. The third kappa shape index (κ3) is 6.56. The zero-order valence-electron chi connectivity index (χ0n) is 15.9. The summed E-state index contributed by atoms with van der Waals surface area (Å²) < 4.78 is 0. The van der Waals surface area contributed by atoms with Crippen molar-refractivity contribution in [1.82, 2.24) is 5.32 Å². The molecule has 1 amide bonds. The molecule has 154 valence electrons. The molecular weight excluding hydrogens is 417 g/mol. The summed E-state index contributed by atoms with van der Waals surface area (Å²) in [5.41, 5.74) is 9.55. The van der Waals surface area contributed by atoms with Crippen molar-refractivity contribution in [2.45, 2.75) is 25.8 Å². The van der Waals surface area contributed by atoms with Crippen molar-refractivity contribution < 1.29 is 4.79 Å². The van der Waals surface area contributed by atoms with E-state index < -0.39 is 6.04 Å². The van der Waals surface area contributed by atoms with Crippen molar-refractivity contribution in [1.29, 1.82) is 0 Å². The fourth-order valence-electron chi connectivity index (χ4n) is 3.48. The lowest BCUT2D eigenvalue weighted by Crippen LogP contribution is -2.44. The molecule has 28 heavy (non-hydrogen) atoms. The third-order valence-corrected chi connectivity index (χ3v) is 5.23. The number of rotatable bonds is 6. The van der Waals surface area contributed by atoms with Gasteiger partial charge in [-0.3, -0.25) is 4.79 Å². The van der Waals surface area contributed by atoms with Crippen LogP contribution in [0.15, 0.2) is 48.5 Å². The second-order valence-electron chi connectivity index (χ2n) is 7.07. The number of benzene rings is 2. The lowest BCUT2D eigenvalue weighted by Gasteiger charge is -2.21. The summed E-state index contributed by atoms with van der Waals surface area (Å²) in [7, 11) is 0. The summed E-state index contributed by atoms with van der Waals surface area (Å²) in [6.45, 7) is 4.67. The van der Waals surface area contributed by atoms with E-state index in [9.17, 15) is 4.79 Å². The highest BCUT2D eigenvalue weighted by Gasteiger charge is 2.25. The van der Waals surface area contributed by atoms with Crippen LogP contribution in [0, 0.1) is 12.8 Å². The summed E-state index contributed by atoms with van der Waals surface area (Å²) in [4.78, 5) is 14.6. The predicted molar refractivity (Wildman–Crippen MR) is 122 cm³/mol. The summed E-state index contributed by atoms with van der Waals surface area (Å²) in [5.74, 6) is 0.354. The number of carbonyl (C=O) groups excluding carboxylic acids is 1. The molecular formula is C21H28Cl3N3O. The molecule has 2 aromatic carbocycles. The molecule has 3 N–H and O–H groups in total. The van der Waals surface area contributed by atoms with Crippen LogP contribution in [0.1, 0.15) is 17.5 Å². The van der Waals surface area contributed by atoms with Crippen LogP contribution in [0.4, 0.5) is 5.69 Å². The maximum Gasteiger partial charge on any atom is 0.237 e. The second-order valence-corrected chi connectivity index (χ2v) is 7.51. The highest BCUT2D eigenvalue weighted by molar-refractivity contribution is 6.30. The highest BCUT2D eigenvalue weighted by Crippen LogP contribution is 2.29. The largest absolute Gasteiger partial charge is 0.371 e. The Labute approximate surface area is 184 Å². The number of anilines is 1. The van der Waals surface area contributed by atoms with Crippen molar-refractivity contribution in [2.75, 3.05) is 24.5 Å². The van der Waals surface area contributed by atoms with E-state index in [0.29, 0.717) is 18.9 Å². The minimum absolute atomic E-state index is 0. The van der Waals surface area contributed by atoms with Crippen LogP contribution < -0.4 is 16.0 Å². The fraction of sp³-hybridized carbons (Fsp3) is 0.381. The van der Waals surface area contributed by atoms with E-state index in [1.54, 1.807) is 0 Å². The Bertz CT molecular complexity index is 758. The van der Waals surface area contributed by atoms with Crippen LogP contribution in [0.3, 0.4) is 0 Å². The van der Waals surface area contributed by atoms with Gasteiger partial charge >= 0.3 is 0 Å². The van der Waals surface area contributed by atoms with Crippen molar-refractivity contribution in [2.24, 2.45) is 11.7 Å². The van der Waals surface area contributed by atoms with E-state index in [0.717, 1.165) is 30.1 Å². The molecule has 4 nitrogen and oxygen atoms in total. The SMILES string of the molecule is Cc1ccc(Cl)cc1N1CCC(CNC(=O)C(N)Cc2ccccc2)C1.Cl.Cl. The molecule has 0 bridgehead atoms. The summed E-state index contributed by atoms with van der Waals surface area (Å²) >= 11 is 6.14. The molecule has 2 unspecified atom stereocenters. The molecule has 1 aliphatic heterocycles. The van der Waals surface area contributed by atoms with Gasteiger partial charge in [0.15, 0.2) is 0 Å². The molecule has 2 aromatic rings. The van der Waals surface area contributed by atoms with Crippen molar-refractivity contribution >= 4 is 48.0 Å². The Kier molecular flexibility index (Phi) is 10.1. The van der Waals surface area contributed by atoms with E-state index in [4.69, 9.17) is 17.3 Å². The molecule has 3 rings (SSSR count). The molecule has 0 radical (unpaired) electrons. The van der Waals surface area contributed by atoms with Gasteiger partial charge in [-0.1, -0.05) is 48.0 Å². The van der Waals surface area contributed by atoms with Crippen molar-refractivity contribution in [3.05, 3.63) is 64.7 Å². The van der Waals surface area contributed by atoms with E-state index >= 15 is 0 Å². The predicted octanol–water partition coefficient (Wildman–Crippen LogP) is 4.00. The van der Waals surface area contributed by atoms with Gasteiger partial charge in [0, 0.05) is 30.3 Å². The Morgan fingerprint density at radius 1 is 1.25 bits per heavy atom. The Morgan fingerprint density at radius 2 is 1.96 bits per heavy atom. The molecule has 0 aromatic heterocycles. The lowest BCUT2D eigenvalue weighted by molar-refractivity contribution is -0.122. The van der Waals surface area contributed by atoms with Gasteiger partial charge in [0.1, 0.15) is 0 Å². The van der Waals surface area contributed by atoms with Crippen LogP contribution in [0.5, 0.6) is 0 Å². The molecule has 1 heterocycles. The average molecular weight is 445 g/mol. The van der Waals surface area contributed by atoms with Crippen LogP contribution in [0.25, 0.3) is 0 Å². The minimum Gasteiger partial charge on any atom is -0.371 e. The number of hydrogen-bond acceptors (Lipinski definition) is 3. The van der Waals surface area contributed by atoms with Gasteiger partial charge in [-0.15, -0.1) is 24.8 Å². The number of nitrogens with one attached hydrogen (secondary N) is 1. The number of amides is 1. The van der Waals surface area contributed by atoms with Gasteiger partial charge < -0.3 is 16.0 Å². The number of aryl methyl sites for hydroxylation is 1. The third-order valence-electron chi connectivity index (χ3n) is 5.00. The first kappa shape index (κ1) is 24.6. The van der Waals surface area contributed by atoms with Gasteiger partial charge in [0.05, 0.1) is 6.04 Å². The Hall–Kier alpha value is -1.46. The number of hydrogen-bond donors (Lipinski definition) is 2. The van der Waals surface area contributed by atoms with Gasteiger partial charge in [-0.05, 0) is 48.9 Å². The summed E-state index contributed by atoms with van der Waals surface area (Å²) in [6.07, 6.45) is 1.62. The van der Waals surface area contributed by atoms with E-state index in [2.05, 4.69) is 23.2 Å². The van der Waals surface area contributed by atoms with E-state index in [1.165, 1.54) is 11.3 Å². The van der Waals surface area contributed by atoms with Gasteiger partial charge in [0.2, 0.25) is 5.91 Å². The van der Waals surface area contributed by atoms with Crippen molar-refractivity contribution in [3.63, 3.8) is 0 Å². The second kappa shape index (κ2) is 11.5. The zero-order valence-corrected chi connectivity index (χ0v) is 18.3. The van der Waals surface area contributed by atoms with Crippen LogP contribution in [-0.2, 0) is 11.2 Å². The molecule has 1 fully saturated rings. The maximum absolute atomic E-state index is 12.3. The molecule has 1 saturated heterocycles. The lowest BCUT2D eigenvalue weighted by atomic mass is 10.1. The van der Waals surface area contributed by atoms with Gasteiger partial charge in [-0.2, -0.15) is 0 Å². The molecule has 0 aliphatic carbocycles. The maximum atomic E-state index is 12.3. The molecule has 7 heteroatoms. The molecule has 2 atom stereocenters. The van der Waals surface area contributed by atoms with Gasteiger partial charge in [0.25, 0.3) is 0 Å². The Balaban J connectivity index is 0.00000196. The number of nitrogens with two attached hydrogens (primary N) is 1. The number of carbonyl (C=O) groups is 1. The monoisotopic (exact) mass is 443 g/mol. The summed E-state index contributed by atoms with van der Waals surface area (Å²) in [5, 5.41) is 3.78. The normalized spacial score (nSPS) is 16.7. The number of nitrogens with zero attached hydrogens (tertiary/aromatic N) is 1. The van der Waals surface area contributed by atoms with Crippen LogP contribution in [0.2, 0.25) is 5.02 Å². The fourth-order valence-corrected chi connectivity index (χ4v) is 3.64. The first-order chi connectivity index (χ1) is 12.5. The van der Waals surface area contributed by atoms with Crippen LogP contribution in [-0.4, -0.2) is 31.6 Å². The topological polar surface area (TPSA) is 58.4 Å².